The first-order valence-corrected chi connectivity index (χ1v) is 7.95. The van der Waals surface area contributed by atoms with Crippen LogP contribution in [0.4, 0.5) is 4.39 Å². The molecule has 2 aromatic carbocycles. The number of ether oxygens (including phenoxy) is 2. The SMILES string of the molecule is Fc1cc(CBr)cc(OCCOc2ccc(Br)cc2)c1. The number of hydrogen-bond donors (Lipinski definition) is 0. The smallest absolute Gasteiger partial charge is 0.127 e. The predicted molar refractivity (Wildman–Crippen MR) is 84.2 cm³/mol. The van der Waals surface area contributed by atoms with Crippen molar-refractivity contribution in [1.29, 1.82) is 0 Å². The monoisotopic (exact) mass is 402 g/mol. The van der Waals surface area contributed by atoms with Gasteiger partial charge in [-0.05, 0) is 42.0 Å². The first kappa shape index (κ1) is 15.3. The Morgan fingerprint density at radius 3 is 2.20 bits per heavy atom. The molecule has 2 nitrogen and oxygen atoms in total. The van der Waals surface area contributed by atoms with Gasteiger partial charge in [0.15, 0.2) is 0 Å². The van der Waals surface area contributed by atoms with E-state index in [9.17, 15) is 4.39 Å². The number of hydrogen-bond acceptors (Lipinski definition) is 2. The lowest BCUT2D eigenvalue weighted by molar-refractivity contribution is 0.216. The summed E-state index contributed by atoms with van der Waals surface area (Å²) in [5.74, 6) is 0.988. The van der Waals surface area contributed by atoms with Crippen LogP contribution in [-0.2, 0) is 5.33 Å². The van der Waals surface area contributed by atoms with Crippen molar-refractivity contribution in [2.45, 2.75) is 5.33 Å². The van der Waals surface area contributed by atoms with Gasteiger partial charge in [0.1, 0.15) is 30.5 Å². The van der Waals surface area contributed by atoms with Gasteiger partial charge in [0.2, 0.25) is 0 Å². The average Bonchev–Trinajstić information content (AvgIpc) is 2.45. The molecule has 0 spiro atoms. The van der Waals surface area contributed by atoms with E-state index >= 15 is 0 Å². The molecule has 0 amide bonds. The standard InChI is InChI=1S/C15H13Br2FO2/c16-10-11-7-13(18)9-15(8-11)20-6-5-19-14-3-1-12(17)2-4-14/h1-4,7-9H,5-6,10H2. The van der Waals surface area contributed by atoms with Crippen LogP contribution in [0.25, 0.3) is 0 Å². The van der Waals surface area contributed by atoms with Crippen molar-refractivity contribution in [2.24, 2.45) is 0 Å². The molecular formula is C15H13Br2FO2. The zero-order chi connectivity index (χ0) is 14.4. The molecule has 0 aliphatic carbocycles. The van der Waals surface area contributed by atoms with Crippen molar-refractivity contribution in [2.75, 3.05) is 13.2 Å². The number of halogens is 3. The maximum absolute atomic E-state index is 13.3. The Kier molecular flexibility index (Phi) is 5.86. The first-order valence-electron chi connectivity index (χ1n) is 6.04. The highest BCUT2D eigenvalue weighted by atomic mass is 79.9. The normalized spacial score (nSPS) is 10.3. The van der Waals surface area contributed by atoms with E-state index in [1.165, 1.54) is 12.1 Å². The minimum absolute atomic E-state index is 0.300. The first-order chi connectivity index (χ1) is 9.67. The molecule has 0 aliphatic heterocycles. The van der Waals surface area contributed by atoms with Gasteiger partial charge in [0.05, 0.1) is 0 Å². The van der Waals surface area contributed by atoms with Crippen LogP contribution in [0.2, 0.25) is 0 Å². The lowest BCUT2D eigenvalue weighted by Gasteiger charge is -2.09. The molecule has 0 saturated heterocycles. The lowest BCUT2D eigenvalue weighted by Crippen LogP contribution is -2.09. The van der Waals surface area contributed by atoms with Gasteiger partial charge in [-0.3, -0.25) is 0 Å². The fourth-order valence-electron chi connectivity index (χ4n) is 1.63. The quantitative estimate of drug-likeness (QED) is 0.502. The van der Waals surface area contributed by atoms with Crippen molar-refractivity contribution < 1.29 is 13.9 Å². The van der Waals surface area contributed by atoms with Crippen molar-refractivity contribution in [3.05, 3.63) is 58.3 Å². The summed E-state index contributed by atoms with van der Waals surface area (Å²) in [6.45, 7) is 0.767. The van der Waals surface area contributed by atoms with Crippen molar-refractivity contribution in [3.63, 3.8) is 0 Å². The van der Waals surface area contributed by atoms with E-state index in [-0.39, 0.29) is 5.82 Å². The molecule has 2 aromatic rings. The third-order valence-electron chi connectivity index (χ3n) is 2.52. The predicted octanol–water partition coefficient (Wildman–Crippen LogP) is 4.94. The molecule has 106 valence electrons. The summed E-state index contributed by atoms with van der Waals surface area (Å²) in [4.78, 5) is 0. The number of rotatable bonds is 6. The van der Waals surface area contributed by atoms with Crippen LogP contribution >= 0.6 is 31.9 Å². The molecule has 0 N–H and O–H groups in total. The van der Waals surface area contributed by atoms with Crippen LogP contribution in [-0.4, -0.2) is 13.2 Å². The molecule has 0 heterocycles. The topological polar surface area (TPSA) is 18.5 Å². The van der Waals surface area contributed by atoms with Crippen molar-refractivity contribution in [3.8, 4) is 11.5 Å². The molecular weight excluding hydrogens is 391 g/mol. The summed E-state index contributed by atoms with van der Waals surface area (Å²) in [5, 5.41) is 0.594. The zero-order valence-electron chi connectivity index (χ0n) is 10.6. The van der Waals surface area contributed by atoms with Gasteiger partial charge >= 0.3 is 0 Å². The van der Waals surface area contributed by atoms with E-state index in [0.717, 1.165) is 15.8 Å². The molecule has 0 aromatic heterocycles. The minimum Gasteiger partial charge on any atom is -0.490 e. The fraction of sp³-hybridized carbons (Fsp3) is 0.200. The van der Waals surface area contributed by atoms with Gasteiger partial charge in [-0.15, -0.1) is 0 Å². The summed E-state index contributed by atoms with van der Waals surface area (Å²) in [6, 6.07) is 12.2. The highest BCUT2D eigenvalue weighted by Gasteiger charge is 2.01. The van der Waals surface area contributed by atoms with Crippen molar-refractivity contribution in [1.82, 2.24) is 0 Å². The van der Waals surface area contributed by atoms with Crippen LogP contribution in [0.15, 0.2) is 46.9 Å². The number of alkyl halides is 1. The lowest BCUT2D eigenvalue weighted by atomic mass is 10.2. The minimum atomic E-state index is -0.300. The van der Waals surface area contributed by atoms with Crippen LogP contribution in [0.1, 0.15) is 5.56 Å². The summed E-state index contributed by atoms with van der Waals surface area (Å²) >= 11 is 6.65. The molecule has 0 atom stereocenters. The van der Waals surface area contributed by atoms with E-state index in [2.05, 4.69) is 31.9 Å². The second kappa shape index (κ2) is 7.64. The maximum Gasteiger partial charge on any atom is 0.127 e. The van der Waals surface area contributed by atoms with E-state index in [4.69, 9.17) is 9.47 Å². The van der Waals surface area contributed by atoms with Gasteiger partial charge in [0.25, 0.3) is 0 Å². The van der Waals surface area contributed by atoms with E-state index in [1.807, 2.05) is 24.3 Å². The Bertz CT molecular complexity index is 558. The van der Waals surface area contributed by atoms with Crippen LogP contribution < -0.4 is 9.47 Å². The van der Waals surface area contributed by atoms with E-state index < -0.39 is 0 Å². The molecule has 0 radical (unpaired) electrons. The second-order valence-corrected chi connectivity index (χ2v) is 5.56. The Balaban J connectivity index is 1.81. The summed E-state index contributed by atoms with van der Waals surface area (Å²) < 4.78 is 25.3. The maximum atomic E-state index is 13.3. The van der Waals surface area contributed by atoms with Gasteiger partial charge < -0.3 is 9.47 Å². The van der Waals surface area contributed by atoms with Gasteiger partial charge in [-0.25, -0.2) is 4.39 Å². The van der Waals surface area contributed by atoms with Gasteiger partial charge in [-0.1, -0.05) is 31.9 Å². The average molecular weight is 404 g/mol. The Morgan fingerprint density at radius 2 is 1.55 bits per heavy atom. The zero-order valence-corrected chi connectivity index (χ0v) is 13.8. The molecule has 0 aliphatic rings. The Labute approximate surface area is 134 Å². The van der Waals surface area contributed by atoms with Crippen LogP contribution in [0, 0.1) is 5.82 Å². The van der Waals surface area contributed by atoms with Crippen molar-refractivity contribution >= 4 is 31.9 Å². The Morgan fingerprint density at radius 1 is 0.900 bits per heavy atom. The third kappa shape index (κ3) is 4.80. The highest BCUT2D eigenvalue weighted by Crippen LogP contribution is 2.19. The summed E-state index contributed by atoms with van der Waals surface area (Å²) in [7, 11) is 0. The molecule has 20 heavy (non-hydrogen) atoms. The van der Waals surface area contributed by atoms with Crippen LogP contribution in [0.5, 0.6) is 11.5 Å². The van der Waals surface area contributed by atoms with Gasteiger partial charge in [0, 0.05) is 15.9 Å². The largest absolute Gasteiger partial charge is 0.490 e. The van der Waals surface area contributed by atoms with E-state index in [1.54, 1.807) is 6.07 Å². The molecule has 0 saturated carbocycles. The highest BCUT2D eigenvalue weighted by molar-refractivity contribution is 9.10. The Hall–Kier alpha value is -1.07. The van der Waals surface area contributed by atoms with Gasteiger partial charge in [-0.2, -0.15) is 0 Å². The summed E-state index contributed by atoms with van der Waals surface area (Å²) in [5.41, 5.74) is 0.842. The molecule has 0 fully saturated rings. The second-order valence-electron chi connectivity index (χ2n) is 4.08. The molecule has 0 bridgehead atoms. The summed E-state index contributed by atoms with van der Waals surface area (Å²) in [6.07, 6.45) is 0. The third-order valence-corrected chi connectivity index (χ3v) is 3.70. The van der Waals surface area contributed by atoms with E-state index in [0.29, 0.717) is 24.3 Å². The molecule has 0 unspecified atom stereocenters. The fourth-order valence-corrected chi connectivity index (χ4v) is 2.22. The van der Waals surface area contributed by atoms with Crippen LogP contribution in [0.3, 0.4) is 0 Å². The molecule has 5 heteroatoms. The molecule has 2 rings (SSSR count). The number of benzene rings is 2.